The Balaban J connectivity index is 2.44. The molecule has 1 heterocycles. The fourth-order valence-electron chi connectivity index (χ4n) is 3.00. The van der Waals surface area contributed by atoms with Crippen molar-refractivity contribution in [3.63, 3.8) is 0 Å². The van der Waals surface area contributed by atoms with E-state index in [1.54, 1.807) is 0 Å². The first kappa shape index (κ1) is 20.3. The number of aryl methyl sites for hydroxylation is 2. The second kappa shape index (κ2) is 7.68. The van der Waals surface area contributed by atoms with Crippen molar-refractivity contribution in [2.75, 3.05) is 11.6 Å². The number of rotatable bonds is 5. The maximum Gasteiger partial charge on any atom is 0.245 e. The van der Waals surface area contributed by atoms with Gasteiger partial charge in [0.25, 0.3) is 0 Å². The van der Waals surface area contributed by atoms with Crippen LogP contribution in [0.1, 0.15) is 42.5 Å². The van der Waals surface area contributed by atoms with Crippen molar-refractivity contribution in [3.05, 3.63) is 28.3 Å². The SMILES string of the molecule is CCC(C)NC(=O)C1CSCN1S(=O)(=O)c1c(C)c(C)cc(C)c1C. The van der Waals surface area contributed by atoms with Gasteiger partial charge in [-0.3, -0.25) is 4.79 Å². The van der Waals surface area contributed by atoms with Gasteiger partial charge in [0.15, 0.2) is 0 Å². The molecule has 1 N–H and O–H groups in total. The van der Waals surface area contributed by atoms with E-state index in [0.717, 1.165) is 28.7 Å². The normalized spacial score (nSPS) is 19.8. The molecule has 0 saturated carbocycles. The fourth-order valence-corrected chi connectivity index (χ4v) is 6.73. The number of nitrogens with zero attached hydrogens (tertiary/aromatic N) is 1. The van der Waals surface area contributed by atoms with E-state index in [2.05, 4.69) is 5.32 Å². The van der Waals surface area contributed by atoms with Crippen LogP contribution in [-0.2, 0) is 14.8 Å². The van der Waals surface area contributed by atoms with Crippen LogP contribution in [0.25, 0.3) is 0 Å². The average molecular weight is 385 g/mol. The van der Waals surface area contributed by atoms with Crippen molar-refractivity contribution < 1.29 is 13.2 Å². The molecule has 25 heavy (non-hydrogen) atoms. The first-order chi connectivity index (χ1) is 11.6. The highest BCUT2D eigenvalue weighted by Gasteiger charge is 2.41. The topological polar surface area (TPSA) is 66.5 Å². The lowest BCUT2D eigenvalue weighted by Gasteiger charge is -2.26. The zero-order valence-corrected chi connectivity index (χ0v) is 17.5. The molecule has 2 rings (SSSR count). The van der Waals surface area contributed by atoms with Crippen molar-refractivity contribution in [1.29, 1.82) is 0 Å². The molecule has 0 radical (unpaired) electrons. The molecule has 0 spiro atoms. The summed E-state index contributed by atoms with van der Waals surface area (Å²) in [5.74, 6) is 0.597. The van der Waals surface area contributed by atoms with Crippen LogP contribution in [0.2, 0.25) is 0 Å². The largest absolute Gasteiger partial charge is 0.352 e. The molecule has 1 aliphatic heterocycles. The molecule has 0 bridgehead atoms. The van der Waals surface area contributed by atoms with Gasteiger partial charge in [0.2, 0.25) is 15.9 Å². The van der Waals surface area contributed by atoms with Crippen LogP contribution in [0.4, 0.5) is 0 Å². The van der Waals surface area contributed by atoms with Gasteiger partial charge >= 0.3 is 0 Å². The molecule has 5 nitrogen and oxygen atoms in total. The molecule has 2 atom stereocenters. The third kappa shape index (κ3) is 3.88. The number of carbonyl (C=O) groups is 1. The Kier molecular flexibility index (Phi) is 6.22. The van der Waals surface area contributed by atoms with Crippen LogP contribution in [0.3, 0.4) is 0 Å². The quantitative estimate of drug-likeness (QED) is 0.848. The Morgan fingerprint density at radius 1 is 1.28 bits per heavy atom. The summed E-state index contributed by atoms with van der Waals surface area (Å²) in [5, 5.41) is 2.92. The van der Waals surface area contributed by atoms with Crippen molar-refractivity contribution in [1.82, 2.24) is 9.62 Å². The van der Waals surface area contributed by atoms with Crippen LogP contribution >= 0.6 is 11.8 Å². The van der Waals surface area contributed by atoms with E-state index in [1.165, 1.54) is 16.1 Å². The molecular weight excluding hydrogens is 356 g/mol. The van der Waals surface area contributed by atoms with Crippen molar-refractivity contribution in [3.8, 4) is 0 Å². The smallest absolute Gasteiger partial charge is 0.245 e. The molecule has 2 unspecified atom stereocenters. The molecule has 1 amide bonds. The lowest BCUT2D eigenvalue weighted by atomic mass is 10.0. The van der Waals surface area contributed by atoms with E-state index in [4.69, 9.17) is 0 Å². The number of nitrogens with one attached hydrogen (secondary N) is 1. The Bertz CT molecular complexity index is 749. The number of hydrogen-bond acceptors (Lipinski definition) is 4. The summed E-state index contributed by atoms with van der Waals surface area (Å²) in [6.45, 7) is 11.4. The third-order valence-electron chi connectivity index (χ3n) is 5.01. The van der Waals surface area contributed by atoms with E-state index in [1.807, 2.05) is 47.6 Å². The third-order valence-corrected chi connectivity index (χ3v) is 8.31. The van der Waals surface area contributed by atoms with Gasteiger partial charge in [-0.25, -0.2) is 8.42 Å². The summed E-state index contributed by atoms with van der Waals surface area (Å²) in [5.41, 5.74) is 3.44. The summed E-state index contributed by atoms with van der Waals surface area (Å²) in [4.78, 5) is 12.9. The van der Waals surface area contributed by atoms with Gasteiger partial charge < -0.3 is 5.32 Å². The predicted octanol–water partition coefficient (Wildman–Crippen LogP) is 2.90. The number of benzene rings is 1. The molecule has 1 fully saturated rings. The standard InChI is InChI=1S/C18H28N2O3S2/c1-7-13(4)19-18(21)16-9-24-10-20(16)25(22,23)17-14(5)11(2)8-12(3)15(17)6/h8,13,16H,7,9-10H2,1-6H3,(H,19,21). The second-order valence-electron chi connectivity index (χ2n) is 6.82. The van der Waals surface area contributed by atoms with E-state index in [0.29, 0.717) is 16.5 Å². The maximum atomic E-state index is 13.4. The lowest BCUT2D eigenvalue weighted by molar-refractivity contribution is -0.124. The van der Waals surface area contributed by atoms with E-state index in [-0.39, 0.29) is 11.9 Å². The Morgan fingerprint density at radius 2 is 1.84 bits per heavy atom. The summed E-state index contributed by atoms with van der Waals surface area (Å²) in [6, 6.07) is 1.39. The van der Waals surface area contributed by atoms with Crippen LogP contribution < -0.4 is 5.32 Å². The fraction of sp³-hybridized carbons (Fsp3) is 0.611. The first-order valence-corrected chi connectivity index (χ1v) is 11.2. The molecule has 1 aliphatic rings. The molecule has 1 aromatic rings. The molecule has 140 valence electrons. The highest BCUT2D eigenvalue weighted by Crippen LogP contribution is 2.33. The average Bonchev–Trinajstić information content (AvgIpc) is 3.03. The minimum atomic E-state index is -3.73. The number of thioether (sulfide) groups is 1. The second-order valence-corrected chi connectivity index (χ2v) is 9.64. The van der Waals surface area contributed by atoms with E-state index in [9.17, 15) is 13.2 Å². The van der Waals surface area contributed by atoms with Gasteiger partial charge in [0.05, 0.1) is 10.8 Å². The molecule has 1 saturated heterocycles. The number of carbonyl (C=O) groups excluding carboxylic acids is 1. The summed E-state index contributed by atoms with van der Waals surface area (Å²) in [7, 11) is -3.73. The first-order valence-electron chi connectivity index (χ1n) is 8.58. The van der Waals surface area contributed by atoms with Crippen LogP contribution in [-0.4, -0.2) is 42.3 Å². The van der Waals surface area contributed by atoms with Gasteiger partial charge in [-0.1, -0.05) is 13.0 Å². The zero-order valence-electron chi connectivity index (χ0n) is 15.8. The zero-order chi connectivity index (χ0) is 18.9. The van der Waals surface area contributed by atoms with Crippen LogP contribution in [0.15, 0.2) is 11.0 Å². The molecular formula is C18H28N2O3S2. The maximum absolute atomic E-state index is 13.4. The molecule has 0 aliphatic carbocycles. The summed E-state index contributed by atoms with van der Waals surface area (Å²) < 4.78 is 28.1. The summed E-state index contributed by atoms with van der Waals surface area (Å²) >= 11 is 1.48. The minimum Gasteiger partial charge on any atom is -0.352 e. The monoisotopic (exact) mass is 384 g/mol. The Hall–Kier alpha value is -1.05. The number of hydrogen-bond donors (Lipinski definition) is 1. The highest BCUT2D eigenvalue weighted by molar-refractivity contribution is 8.00. The highest BCUT2D eigenvalue weighted by atomic mass is 32.2. The van der Waals surface area contributed by atoms with Gasteiger partial charge in [0, 0.05) is 11.8 Å². The minimum absolute atomic E-state index is 0.0346. The van der Waals surface area contributed by atoms with E-state index < -0.39 is 16.1 Å². The van der Waals surface area contributed by atoms with Crippen molar-refractivity contribution in [2.24, 2.45) is 0 Å². The molecule has 1 aromatic carbocycles. The summed E-state index contributed by atoms with van der Waals surface area (Å²) in [6.07, 6.45) is 0.813. The number of sulfonamides is 1. The van der Waals surface area contributed by atoms with E-state index >= 15 is 0 Å². The number of amides is 1. The van der Waals surface area contributed by atoms with Crippen molar-refractivity contribution >= 4 is 27.7 Å². The van der Waals surface area contributed by atoms with Crippen LogP contribution in [0, 0.1) is 27.7 Å². The van der Waals surface area contributed by atoms with Gasteiger partial charge in [-0.05, 0) is 63.3 Å². The van der Waals surface area contributed by atoms with Crippen molar-refractivity contribution in [2.45, 2.75) is 64.9 Å². The molecule has 7 heteroatoms. The van der Waals surface area contributed by atoms with Gasteiger partial charge in [-0.2, -0.15) is 4.31 Å². The van der Waals surface area contributed by atoms with Crippen LogP contribution in [0.5, 0.6) is 0 Å². The van der Waals surface area contributed by atoms with Gasteiger partial charge in [0.1, 0.15) is 6.04 Å². The molecule has 0 aromatic heterocycles. The predicted molar refractivity (Wildman–Crippen MR) is 103 cm³/mol. The van der Waals surface area contributed by atoms with Gasteiger partial charge in [-0.15, -0.1) is 11.8 Å². The lowest BCUT2D eigenvalue weighted by Crippen LogP contribution is -2.49. The Morgan fingerprint density at radius 3 is 2.36 bits per heavy atom. The Labute approximate surface area is 155 Å².